The molecule has 0 bridgehead atoms. The van der Waals surface area contributed by atoms with Gasteiger partial charge in [0.2, 0.25) is 0 Å². The lowest BCUT2D eigenvalue weighted by Gasteiger charge is -2.26. The molecular weight excluding hydrogens is 224 g/mol. The molecule has 0 spiro atoms. The fourth-order valence-corrected chi connectivity index (χ4v) is 4.21. The highest BCUT2D eigenvalue weighted by Crippen LogP contribution is 2.64. The third-order valence-electron chi connectivity index (χ3n) is 3.85. The first-order chi connectivity index (χ1) is 7.49. The van der Waals surface area contributed by atoms with Crippen molar-refractivity contribution in [2.75, 3.05) is 13.2 Å². The number of aliphatic hydroxyl groups is 1. The van der Waals surface area contributed by atoms with Crippen molar-refractivity contribution < 1.29 is 14.6 Å². The molecule has 2 saturated carbocycles. The number of hydrogen-bond donors (Lipinski definition) is 1. The van der Waals surface area contributed by atoms with Crippen molar-refractivity contribution in [2.24, 2.45) is 0 Å². The van der Waals surface area contributed by atoms with Crippen molar-refractivity contribution >= 4 is 11.8 Å². The summed E-state index contributed by atoms with van der Waals surface area (Å²) in [5.41, 5.74) is 0. The van der Waals surface area contributed by atoms with Gasteiger partial charge in [-0.25, -0.2) is 0 Å². The highest BCUT2D eigenvalue weighted by atomic mass is 32.2. The molecule has 1 atom stereocenters. The Labute approximate surface area is 101 Å². The standard InChI is InChI=1S/C12H20O3S/c1-10(2)14-7-9(15-10)12(5-6-12)16-11(8-13)3-4-11/h9,13H,3-8H2,1-2H3. The Morgan fingerprint density at radius 2 is 1.94 bits per heavy atom. The maximum atomic E-state index is 9.40. The van der Waals surface area contributed by atoms with Crippen molar-refractivity contribution in [1.29, 1.82) is 0 Å². The highest BCUT2D eigenvalue weighted by molar-refractivity contribution is 8.02. The van der Waals surface area contributed by atoms with Gasteiger partial charge in [0, 0.05) is 9.49 Å². The lowest BCUT2D eigenvalue weighted by molar-refractivity contribution is -0.139. The average Bonchev–Trinajstić information content (AvgIpc) is 3.13. The fraction of sp³-hybridized carbons (Fsp3) is 1.00. The number of hydrogen-bond acceptors (Lipinski definition) is 4. The minimum Gasteiger partial charge on any atom is -0.395 e. The van der Waals surface area contributed by atoms with Gasteiger partial charge in [0.25, 0.3) is 0 Å². The summed E-state index contributed by atoms with van der Waals surface area (Å²) in [5.74, 6) is -0.420. The predicted molar refractivity (Wildman–Crippen MR) is 63.5 cm³/mol. The summed E-state index contributed by atoms with van der Waals surface area (Å²) in [4.78, 5) is 0. The first-order valence-electron chi connectivity index (χ1n) is 6.12. The molecule has 2 aliphatic carbocycles. The molecule has 0 aromatic heterocycles. The van der Waals surface area contributed by atoms with E-state index in [0.717, 1.165) is 12.8 Å². The van der Waals surface area contributed by atoms with E-state index >= 15 is 0 Å². The molecule has 3 nitrogen and oxygen atoms in total. The summed E-state index contributed by atoms with van der Waals surface area (Å²) in [6, 6.07) is 0. The van der Waals surface area contributed by atoms with Gasteiger partial charge in [-0.05, 0) is 39.5 Å². The molecular formula is C12H20O3S. The van der Waals surface area contributed by atoms with Gasteiger partial charge in [-0.2, -0.15) is 0 Å². The van der Waals surface area contributed by atoms with E-state index in [1.165, 1.54) is 12.8 Å². The summed E-state index contributed by atoms with van der Waals surface area (Å²) in [7, 11) is 0. The van der Waals surface area contributed by atoms with Crippen LogP contribution >= 0.6 is 11.8 Å². The van der Waals surface area contributed by atoms with Crippen LogP contribution in [0.1, 0.15) is 39.5 Å². The van der Waals surface area contributed by atoms with Crippen LogP contribution in [0.5, 0.6) is 0 Å². The third-order valence-corrected chi connectivity index (χ3v) is 5.90. The summed E-state index contributed by atoms with van der Waals surface area (Å²) in [6.45, 7) is 4.98. The lowest BCUT2D eigenvalue weighted by atomic mass is 10.2. The summed E-state index contributed by atoms with van der Waals surface area (Å²) < 4.78 is 12.0. The van der Waals surface area contributed by atoms with Gasteiger partial charge in [0.1, 0.15) is 0 Å². The molecule has 0 aromatic rings. The smallest absolute Gasteiger partial charge is 0.163 e. The minimum absolute atomic E-state index is 0.159. The van der Waals surface area contributed by atoms with Crippen LogP contribution in [0.2, 0.25) is 0 Å². The van der Waals surface area contributed by atoms with Crippen LogP contribution in [0.4, 0.5) is 0 Å². The first kappa shape index (κ1) is 11.3. The van der Waals surface area contributed by atoms with Crippen LogP contribution < -0.4 is 0 Å². The Bertz CT molecular complexity index is 295. The molecule has 1 aliphatic heterocycles. The van der Waals surface area contributed by atoms with Crippen LogP contribution in [0.25, 0.3) is 0 Å². The lowest BCUT2D eigenvalue weighted by Crippen LogP contribution is -2.33. The molecule has 16 heavy (non-hydrogen) atoms. The number of ether oxygens (including phenoxy) is 2. The van der Waals surface area contributed by atoms with E-state index in [1.807, 2.05) is 25.6 Å². The molecule has 0 radical (unpaired) electrons. The third kappa shape index (κ3) is 1.90. The highest BCUT2D eigenvalue weighted by Gasteiger charge is 2.60. The Morgan fingerprint density at radius 1 is 1.25 bits per heavy atom. The predicted octanol–water partition coefficient (Wildman–Crippen LogP) is 1.93. The first-order valence-corrected chi connectivity index (χ1v) is 6.94. The topological polar surface area (TPSA) is 38.7 Å². The van der Waals surface area contributed by atoms with Crippen LogP contribution in [0, 0.1) is 0 Å². The molecule has 3 fully saturated rings. The summed E-state index contributed by atoms with van der Waals surface area (Å²) in [6.07, 6.45) is 4.96. The Kier molecular flexibility index (Phi) is 2.39. The summed E-state index contributed by atoms with van der Waals surface area (Å²) in [5, 5.41) is 9.40. The summed E-state index contributed by atoms with van der Waals surface area (Å²) >= 11 is 1.97. The van der Waals surface area contributed by atoms with Gasteiger partial charge in [-0.1, -0.05) is 0 Å². The molecule has 92 valence electrons. The van der Waals surface area contributed by atoms with Gasteiger partial charge < -0.3 is 14.6 Å². The molecule has 3 aliphatic rings. The number of thioether (sulfide) groups is 1. The minimum atomic E-state index is -0.420. The quantitative estimate of drug-likeness (QED) is 0.820. The molecule has 3 rings (SSSR count). The van der Waals surface area contributed by atoms with Crippen molar-refractivity contribution in [2.45, 2.75) is 60.9 Å². The fourth-order valence-electron chi connectivity index (χ4n) is 2.42. The Hall–Kier alpha value is 0.230. The zero-order chi connectivity index (χ0) is 11.4. The van der Waals surface area contributed by atoms with Gasteiger partial charge in [-0.15, -0.1) is 11.8 Å². The van der Waals surface area contributed by atoms with E-state index in [0.29, 0.717) is 13.2 Å². The second kappa shape index (κ2) is 3.37. The Morgan fingerprint density at radius 3 is 2.31 bits per heavy atom. The van der Waals surface area contributed by atoms with Crippen molar-refractivity contribution in [3.63, 3.8) is 0 Å². The monoisotopic (exact) mass is 244 g/mol. The molecule has 0 aromatic carbocycles. The van der Waals surface area contributed by atoms with E-state index in [2.05, 4.69) is 0 Å². The van der Waals surface area contributed by atoms with Crippen molar-refractivity contribution in [3.05, 3.63) is 0 Å². The van der Waals surface area contributed by atoms with Crippen molar-refractivity contribution in [3.8, 4) is 0 Å². The maximum Gasteiger partial charge on any atom is 0.163 e. The van der Waals surface area contributed by atoms with Crippen LogP contribution in [-0.2, 0) is 9.47 Å². The second-order valence-corrected chi connectivity index (χ2v) is 7.71. The molecule has 1 unspecified atom stereocenters. The largest absolute Gasteiger partial charge is 0.395 e. The van der Waals surface area contributed by atoms with E-state index in [9.17, 15) is 5.11 Å². The van der Waals surface area contributed by atoms with Gasteiger partial charge in [0.05, 0.1) is 19.3 Å². The Balaban J connectivity index is 1.66. The van der Waals surface area contributed by atoms with Crippen LogP contribution in [0.3, 0.4) is 0 Å². The SMILES string of the molecule is CC1(C)OCC(C2(SC3(CO)CC3)CC2)O1. The normalized spacial score (nSPS) is 37.3. The van der Waals surface area contributed by atoms with Gasteiger partial charge in [-0.3, -0.25) is 0 Å². The average molecular weight is 244 g/mol. The zero-order valence-electron chi connectivity index (χ0n) is 9.99. The number of rotatable bonds is 4. The molecule has 1 saturated heterocycles. The molecule has 1 N–H and O–H groups in total. The van der Waals surface area contributed by atoms with E-state index < -0.39 is 5.79 Å². The van der Waals surface area contributed by atoms with Crippen LogP contribution in [-0.4, -0.2) is 39.7 Å². The number of aliphatic hydroxyl groups excluding tert-OH is 1. The zero-order valence-corrected chi connectivity index (χ0v) is 10.8. The van der Waals surface area contributed by atoms with Gasteiger partial charge in [0.15, 0.2) is 5.79 Å². The molecule has 0 amide bonds. The van der Waals surface area contributed by atoms with Gasteiger partial charge >= 0.3 is 0 Å². The van der Waals surface area contributed by atoms with Crippen LogP contribution in [0.15, 0.2) is 0 Å². The van der Waals surface area contributed by atoms with E-state index in [1.54, 1.807) is 0 Å². The van der Waals surface area contributed by atoms with Crippen molar-refractivity contribution in [1.82, 2.24) is 0 Å². The van der Waals surface area contributed by atoms with E-state index in [4.69, 9.17) is 9.47 Å². The molecule has 1 heterocycles. The maximum absolute atomic E-state index is 9.40. The second-order valence-electron chi connectivity index (χ2n) is 5.83. The molecule has 4 heteroatoms. The van der Waals surface area contributed by atoms with E-state index in [-0.39, 0.29) is 15.6 Å².